The third-order valence-corrected chi connectivity index (χ3v) is 4.44. The van der Waals surface area contributed by atoms with Crippen LogP contribution in [-0.2, 0) is 6.54 Å². The molecule has 0 amide bonds. The van der Waals surface area contributed by atoms with Crippen LogP contribution in [0.5, 0.6) is 0 Å². The number of hydrogen-bond donors (Lipinski definition) is 1. The van der Waals surface area contributed by atoms with Gasteiger partial charge < -0.3 is 15.1 Å². The zero-order valence-electron chi connectivity index (χ0n) is 15.7. The number of hydrogen-bond acceptors (Lipinski definition) is 2. The Kier molecular flexibility index (Phi) is 10.3. The Hall–Kier alpha value is -0.890. The molecule has 0 aliphatic carbocycles. The number of nitrogens with zero attached hydrogens (tertiary/aromatic N) is 3. The largest absolute Gasteiger partial charge is 0.357 e. The van der Waals surface area contributed by atoms with Crippen molar-refractivity contribution in [3.05, 3.63) is 35.6 Å². The number of nitrogens with one attached hydrogen (secondary N) is 1. The first-order valence-corrected chi connectivity index (χ1v) is 9.08. The first kappa shape index (κ1) is 22.2. The predicted octanol–water partition coefficient (Wildman–Crippen LogP) is 3.57. The van der Waals surface area contributed by atoms with Crippen molar-refractivity contribution in [2.24, 2.45) is 10.9 Å². The average molecular weight is 462 g/mol. The minimum Gasteiger partial charge on any atom is -0.357 e. The Morgan fingerprint density at radius 2 is 2.04 bits per heavy atom. The molecule has 1 atom stereocenters. The molecule has 4 nitrogen and oxygen atoms in total. The Morgan fingerprint density at radius 3 is 2.68 bits per heavy atom. The highest BCUT2D eigenvalue weighted by Gasteiger charge is 2.21. The third-order valence-electron chi connectivity index (χ3n) is 4.44. The molecule has 142 valence electrons. The van der Waals surface area contributed by atoms with Gasteiger partial charge in [-0.3, -0.25) is 4.99 Å². The molecule has 1 fully saturated rings. The van der Waals surface area contributed by atoms with E-state index in [9.17, 15) is 4.39 Å². The molecule has 0 radical (unpaired) electrons. The van der Waals surface area contributed by atoms with Crippen molar-refractivity contribution in [2.75, 3.05) is 39.8 Å². The molecule has 6 heteroatoms. The van der Waals surface area contributed by atoms with E-state index in [2.05, 4.69) is 29.0 Å². The summed E-state index contributed by atoms with van der Waals surface area (Å²) in [6.45, 7) is 10.3. The summed E-state index contributed by atoms with van der Waals surface area (Å²) >= 11 is 0. The highest BCUT2D eigenvalue weighted by molar-refractivity contribution is 14.0. The summed E-state index contributed by atoms with van der Waals surface area (Å²) in [5, 5.41) is 3.36. The summed E-state index contributed by atoms with van der Waals surface area (Å²) in [6, 6.07) is 6.67. The van der Waals surface area contributed by atoms with Gasteiger partial charge in [-0.25, -0.2) is 4.39 Å². The van der Waals surface area contributed by atoms with Gasteiger partial charge in [0.2, 0.25) is 0 Å². The van der Waals surface area contributed by atoms with Crippen LogP contribution in [0.25, 0.3) is 0 Å². The standard InChI is InChI=1S/C19H31FN4.HI/c1-4-11-24-12-10-17(15-24)13-22-19(21-5-2)23(3)14-16-6-8-18(20)9-7-16;/h6-9,17H,4-5,10-15H2,1-3H3,(H,21,22);1H. The van der Waals surface area contributed by atoms with Crippen molar-refractivity contribution in [3.8, 4) is 0 Å². The first-order valence-electron chi connectivity index (χ1n) is 9.08. The van der Waals surface area contributed by atoms with Gasteiger partial charge in [0.05, 0.1) is 0 Å². The van der Waals surface area contributed by atoms with E-state index >= 15 is 0 Å². The van der Waals surface area contributed by atoms with E-state index in [1.54, 1.807) is 0 Å². The SMILES string of the molecule is CCCN1CCC(CN=C(NCC)N(C)Cc2ccc(F)cc2)C1.I. The van der Waals surface area contributed by atoms with Crippen LogP contribution in [0, 0.1) is 11.7 Å². The second-order valence-corrected chi connectivity index (χ2v) is 6.63. The molecule has 2 rings (SSSR count). The monoisotopic (exact) mass is 462 g/mol. The van der Waals surface area contributed by atoms with Crippen LogP contribution in [0.1, 0.15) is 32.3 Å². The predicted molar refractivity (Wildman–Crippen MR) is 114 cm³/mol. The summed E-state index contributed by atoms with van der Waals surface area (Å²) in [4.78, 5) is 9.48. The molecule has 0 saturated carbocycles. The van der Waals surface area contributed by atoms with Gasteiger partial charge >= 0.3 is 0 Å². The van der Waals surface area contributed by atoms with Crippen molar-refractivity contribution >= 4 is 29.9 Å². The van der Waals surface area contributed by atoms with E-state index < -0.39 is 0 Å². The molecule has 1 N–H and O–H groups in total. The van der Waals surface area contributed by atoms with Crippen molar-refractivity contribution in [1.82, 2.24) is 15.1 Å². The molecule has 1 heterocycles. The lowest BCUT2D eigenvalue weighted by Crippen LogP contribution is -2.39. The second-order valence-electron chi connectivity index (χ2n) is 6.63. The van der Waals surface area contributed by atoms with Gasteiger partial charge in [0, 0.05) is 33.2 Å². The maximum atomic E-state index is 13.0. The molecule has 1 aliphatic rings. The quantitative estimate of drug-likeness (QED) is 0.382. The first-order chi connectivity index (χ1) is 11.6. The second kappa shape index (κ2) is 11.7. The Morgan fingerprint density at radius 1 is 1.32 bits per heavy atom. The summed E-state index contributed by atoms with van der Waals surface area (Å²) in [6.07, 6.45) is 2.46. The van der Waals surface area contributed by atoms with Crippen molar-refractivity contribution < 1.29 is 4.39 Å². The molecule has 1 aromatic carbocycles. The van der Waals surface area contributed by atoms with Gasteiger partial charge in [-0.05, 0) is 56.5 Å². The minimum absolute atomic E-state index is 0. The van der Waals surface area contributed by atoms with Gasteiger partial charge in [0.15, 0.2) is 5.96 Å². The molecule has 0 aromatic heterocycles. The third kappa shape index (κ3) is 7.48. The number of aliphatic imine (C=N–C) groups is 1. The minimum atomic E-state index is -0.195. The van der Waals surface area contributed by atoms with Gasteiger partial charge in [0.25, 0.3) is 0 Å². The molecule has 25 heavy (non-hydrogen) atoms. The smallest absolute Gasteiger partial charge is 0.193 e. The topological polar surface area (TPSA) is 30.9 Å². The maximum Gasteiger partial charge on any atom is 0.193 e. The molecular formula is C19H32FIN4. The summed E-state index contributed by atoms with van der Waals surface area (Å²) < 4.78 is 13.0. The molecule has 1 aliphatic heterocycles. The average Bonchev–Trinajstić information content (AvgIpc) is 3.01. The summed E-state index contributed by atoms with van der Waals surface area (Å²) in [7, 11) is 2.03. The van der Waals surface area contributed by atoms with E-state index in [-0.39, 0.29) is 29.8 Å². The van der Waals surface area contributed by atoms with Gasteiger partial charge in [0.1, 0.15) is 5.82 Å². The van der Waals surface area contributed by atoms with E-state index in [1.807, 2.05) is 19.2 Å². The Labute approximate surface area is 168 Å². The fourth-order valence-electron chi connectivity index (χ4n) is 3.21. The number of guanidine groups is 1. The van der Waals surface area contributed by atoms with Crippen LogP contribution in [0.2, 0.25) is 0 Å². The molecule has 1 aromatic rings. The maximum absolute atomic E-state index is 13.0. The summed E-state index contributed by atoms with van der Waals surface area (Å²) in [5.74, 6) is 1.39. The van der Waals surface area contributed by atoms with Crippen LogP contribution in [0.3, 0.4) is 0 Å². The highest BCUT2D eigenvalue weighted by Crippen LogP contribution is 2.16. The number of likely N-dealkylation sites (tertiary alicyclic amines) is 1. The normalized spacial score (nSPS) is 18.1. The van der Waals surface area contributed by atoms with Crippen LogP contribution in [0.15, 0.2) is 29.3 Å². The van der Waals surface area contributed by atoms with Crippen LogP contribution >= 0.6 is 24.0 Å². The number of halogens is 2. The van der Waals surface area contributed by atoms with Crippen molar-refractivity contribution in [1.29, 1.82) is 0 Å². The van der Waals surface area contributed by atoms with E-state index in [0.29, 0.717) is 5.92 Å². The number of rotatable bonds is 7. The Balaban J connectivity index is 0.00000312. The van der Waals surface area contributed by atoms with Crippen LogP contribution in [0.4, 0.5) is 4.39 Å². The molecule has 0 spiro atoms. The van der Waals surface area contributed by atoms with Crippen LogP contribution < -0.4 is 5.32 Å². The molecule has 1 saturated heterocycles. The summed E-state index contributed by atoms with van der Waals surface area (Å²) in [5.41, 5.74) is 1.08. The highest BCUT2D eigenvalue weighted by atomic mass is 127. The van der Waals surface area contributed by atoms with Crippen molar-refractivity contribution in [3.63, 3.8) is 0 Å². The van der Waals surface area contributed by atoms with Gasteiger partial charge in [-0.15, -0.1) is 24.0 Å². The van der Waals surface area contributed by atoms with E-state index in [1.165, 1.54) is 44.6 Å². The lowest BCUT2D eigenvalue weighted by molar-refractivity contribution is 0.326. The lowest BCUT2D eigenvalue weighted by atomic mass is 10.1. The van der Waals surface area contributed by atoms with Crippen LogP contribution in [-0.4, -0.2) is 55.5 Å². The fourth-order valence-corrected chi connectivity index (χ4v) is 3.21. The van der Waals surface area contributed by atoms with Crippen molar-refractivity contribution in [2.45, 2.75) is 33.2 Å². The lowest BCUT2D eigenvalue weighted by Gasteiger charge is -2.23. The van der Waals surface area contributed by atoms with E-state index in [0.717, 1.165) is 31.2 Å². The molecular weight excluding hydrogens is 430 g/mol. The number of benzene rings is 1. The molecule has 1 unspecified atom stereocenters. The zero-order chi connectivity index (χ0) is 17.4. The zero-order valence-corrected chi connectivity index (χ0v) is 18.0. The van der Waals surface area contributed by atoms with Gasteiger partial charge in [-0.1, -0.05) is 19.1 Å². The van der Waals surface area contributed by atoms with Gasteiger partial charge in [-0.2, -0.15) is 0 Å². The molecule has 0 bridgehead atoms. The fraction of sp³-hybridized carbons (Fsp3) is 0.632. The Bertz CT molecular complexity index is 521. The van der Waals surface area contributed by atoms with E-state index in [4.69, 9.17) is 4.99 Å².